The molecule has 10 heteroatoms. The van der Waals surface area contributed by atoms with Crippen molar-refractivity contribution in [1.29, 1.82) is 0 Å². The van der Waals surface area contributed by atoms with E-state index in [0.29, 0.717) is 0 Å². The molecule has 104 valence electrons. The Morgan fingerprint density at radius 1 is 1.47 bits per heavy atom. The molecule has 9 nitrogen and oxygen atoms in total. The second kappa shape index (κ2) is 6.20. The zero-order valence-electron chi connectivity index (χ0n) is 9.64. The van der Waals surface area contributed by atoms with Crippen LogP contribution in [-0.2, 0) is 14.8 Å². The van der Waals surface area contributed by atoms with Gasteiger partial charge in [-0.15, -0.1) is 0 Å². The molecule has 0 amide bonds. The first-order valence-electron chi connectivity index (χ1n) is 5.15. The topological polar surface area (TPSA) is 140 Å². The predicted octanol–water partition coefficient (Wildman–Crippen LogP) is 0.133. The lowest BCUT2D eigenvalue weighted by Crippen LogP contribution is -2.25. The Morgan fingerprint density at radius 2 is 2.16 bits per heavy atom. The summed E-state index contributed by atoms with van der Waals surface area (Å²) in [4.78, 5) is 23.0. The lowest BCUT2D eigenvalue weighted by atomic mass is 10.3. The third-order valence-electron chi connectivity index (χ3n) is 2.08. The third kappa shape index (κ3) is 4.60. The molecule has 2 N–H and O–H groups in total. The van der Waals surface area contributed by atoms with Gasteiger partial charge in [-0.2, -0.15) is 0 Å². The van der Waals surface area contributed by atoms with Gasteiger partial charge in [0.2, 0.25) is 10.0 Å². The van der Waals surface area contributed by atoms with Gasteiger partial charge in [0.05, 0.1) is 0 Å². The van der Waals surface area contributed by atoms with Crippen LogP contribution in [0.1, 0.15) is 12.8 Å². The number of carboxylic acid groups (broad SMARTS) is 1. The van der Waals surface area contributed by atoms with Gasteiger partial charge in [0, 0.05) is 19.0 Å². The Labute approximate surface area is 108 Å². The number of carboxylic acids is 1. The summed E-state index contributed by atoms with van der Waals surface area (Å²) >= 11 is 0. The number of rotatable bonds is 7. The molecular formula is C9H11N3O6S. The first-order chi connectivity index (χ1) is 8.83. The summed E-state index contributed by atoms with van der Waals surface area (Å²) in [5.74, 6) is -1.47. The summed E-state index contributed by atoms with van der Waals surface area (Å²) < 4.78 is 25.6. The van der Waals surface area contributed by atoms with Crippen LogP contribution in [0.4, 0.5) is 5.82 Å². The summed E-state index contributed by atoms with van der Waals surface area (Å²) in [6, 6.07) is 2.04. The number of nitrogens with one attached hydrogen (secondary N) is 1. The van der Waals surface area contributed by atoms with Crippen LogP contribution >= 0.6 is 0 Å². The van der Waals surface area contributed by atoms with Gasteiger partial charge in [-0.05, 0) is 22.4 Å². The molecule has 0 spiro atoms. The molecule has 1 aromatic heterocycles. The first-order valence-corrected chi connectivity index (χ1v) is 6.63. The molecule has 0 aliphatic rings. The van der Waals surface area contributed by atoms with Crippen molar-refractivity contribution in [3.05, 3.63) is 28.4 Å². The van der Waals surface area contributed by atoms with E-state index in [0.717, 1.165) is 18.3 Å². The SMILES string of the molecule is O=C(O)CCCNS(=O)(=O)c1ccc([N+](=O)[O-])nc1. The van der Waals surface area contributed by atoms with Crippen molar-refractivity contribution in [1.82, 2.24) is 9.71 Å². The van der Waals surface area contributed by atoms with Crippen LogP contribution in [0.25, 0.3) is 0 Å². The van der Waals surface area contributed by atoms with E-state index >= 15 is 0 Å². The average Bonchev–Trinajstić information content (AvgIpc) is 2.34. The van der Waals surface area contributed by atoms with Crippen molar-refractivity contribution in [3.8, 4) is 0 Å². The largest absolute Gasteiger partial charge is 0.481 e. The predicted molar refractivity (Wildman–Crippen MR) is 62.9 cm³/mol. The average molecular weight is 289 g/mol. The smallest absolute Gasteiger partial charge is 0.363 e. The summed E-state index contributed by atoms with van der Waals surface area (Å²) in [6.45, 7) is -0.0361. The number of nitro groups is 1. The van der Waals surface area contributed by atoms with Crippen LogP contribution in [0.2, 0.25) is 0 Å². The van der Waals surface area contributed by atoms with Crippen molar-refractivity contribution >= 4 is 21.8 Å². The number of hydrogen-bond acceptors (Lipinski definition) is 6. The minimum Gasteiger partial charge on any atom is -0.481 e. The quantitative estimate of drug-likeness (QED) is 0.413. The van der Waals surface area contributed by atoms with Crippen LogP contribution in [0, 0.1) is 10.1 Å². The fraction of sp³-hybridized carbons (Fsp3) is 0.333. The molecular weight excluding hydrogens is 278 g/mol. The van der Waals surface area contributed by atoms with E-state index in [9.17, 15) is 23.3 Å². The molecule has 19 heavy (non-hydrogen) atoms. The van der Waals surface area contributed by atoms with E-state index < -0.39 is 26.7 Å². The molecule has 0 saturated carbocycles. The molecule has 0 bridgehead atoms. The Bertz CT molecular complexity index is 568. The van der Waals surface area contributed by atoms with E-state index in [1.807, 2.05) is 0 Å². The van der Waals surface area contributed by atoms with Crippen molar-refractivity contribution in [2.75, 3.05) is 6.54 Å². The molecule has 0 aromatic carbocycles. The molecule has 0 aliphatic heterocycles. The van der Waals surface area contributed by atoms with Crippen LogP contribution in [-0.4, -0.2) is 35.9 Å². The Kier molecular flexibility index (Phi) is 4.89. The molecule has 0 radical (unpaired) electrons. The fourth-order valence-corrected chi connectivity index (χ4v) is 2.19. The zero-order chi connectivity index (χ0) is 14.5. The van der Waals surface area contributed by atoms with Crippen LogP contribution in [0.5, 0.6) is 0 Å². The highest BCUT2D eigenvalue weighted by Gasteiger charge is 2.17. The number of aliphatic carboxylic acids is 1. The number of nitrogens with zero attached hydrogens (tertiary/aromatic N) is 2. The van der Waals surface area contributed by atoms with Crippen LogP contribution in [0.15, 0.2) is 23.2 Å². The highest BCUT2D eigenvalue weighted by molar-refractivity contribution is 7.89. The van der Waals surface area contributed by atoms with Gasteiger partial charge in [0.15, 0.2) is 6.20 Å². The fourth-order valence-electron chi connectivity index (χ4n) is 1.17. The molecule has 0 fully saturated rings. The van der Waals surface area contributed by atoms with Gasteiger partial charge in [0.25, 0.3) is 0 Å². The normalized spacial score (nSPS) is 11.2. The second-order valence-corrected chi connectivity index (χ2v) is 5.27. The summed E-state index contributed by atoms with van der Waals surface area (Å²) in [5.41, 5.74) is 0. The zero-order valence-corrected chi connectivity index (χ0v) is 10.5. The molecule has 0 unspecified atom stereocenters. The van der Waals surface area contributed by atoms with Gasteiger partial charge < -0.3 is 15.2 Å². The summed E-state index contributed by atoms with van der Waals surface area (Å²) in [5, 5.41) is 18.8. The van der Waals surface area contributed by atoms with Crippen LogP contribution in [0.3, 0.4) is 0 Å². The molecule has 0 atom stereocenters. The van der Waals surface area contributed by atoms with Crippen molar-refractivity contribution in [2.24, 2.45) is 0 Å². The number of hydrogen-bond donors (Lipinski definition) is 2. The minimum absolute atomic E-state index is 0.0361. The summed E-state index contributed by atoms with van der Waals surface area (Å²) in [6.07, 6.45) is 0.869. The highest BCUT2D eigenvalue weighted by Crippen LogP contribution is 2.11. The van der Waals surface area contributed by atoms with Gasteiger partial charge in [-0.1, -0.05) is 0 Å². The number of carbonyl (C=O) groups is 1. The minimum atomic E-state index is -3.83. The maximum absolute atomic E-state index is 11.7. The van der Waals surface area contributed by atoms with E-state index in [4.69, 9.17) is 5.11 Å². The van der Waals surface area contributed by atoms with Crippen molar-refractivity contribution < 1.29 is 23.2 Å². The maximum atomic E-state index is 11.7. The third-order valence-corrected chi connectivity index (χ3v) is 3.52. The van der Waals surface area contributed by atoms with E-state index in [2.05, 4.69) is 9.71 Å². The van der Waals surface area contributed by atoms with E-state index in [1.165, 1.54) is 0 Å². The van der Waals surface area contributed by atoms with Crippen LogP contribution < -0.4 is 4.72 Å². The monoisotopic (exact) mass is 289 g/mol. The Balaban J connectivity index is 2.66. The molecule has 1 rings (SSSR count). The van der Waals surface area contributed by atoms with Gasteiger partial charge in [-0.25, -0.2) is 13.1 Å². The Morgan fingerprint density at radius 3 is 2.63 bits per heavy atom. The molecule has 0 aliphatic carbocycles. The lowest BCUT2D eigenvalue weighted by molar-refractivity contribution is -0.389. The Hall–Kier alpha value is -2.07. The number of pyridine rings is 1. The van der Waals surface area contributed by atoms with Gasteiger partial charge >= 0.3 is 11.8 Å². The molecule has 0 saturated heterocycles. The van der Waals surface area contributed by atoms with E-state index in [-0.39, 0.29) is 24.3 Å². The standard InChI is InChI=1S/C9H11N3O6S/c13-9(14)2-1-5-11-19(17,18)7-3-4-8(10-6-7)12(15)16/h3-4,6,11H,1-2,5H2,(H,13,14). The molecule has 1 heterocycles. The van der Waals surface area contributed by atoms with Crippen molar-refractivity contribution in [3.63, 3.8) is 0 Å². The number of sulfonamides is 1. The maximum Gasteiger partial charge on any atom is 0.363 e. The van der Waals surface area contributed by atoms with Gasteiger partial charge in [-0.3, -0.25) is 4.79 Å². The first kappa shape index (κ1) is 15.0. The van der Waals surface area contributed by atoms with E-state index in [1.54, 1.807) is 0 Å². The highest BCUT2D eigenvalue weighted by atomic mass is 32.2. The summed E-state index contributed by atoms with van der Waals surface area (Å²) in [7, 11) is -3.83. The second-order valence-electron chi connectivity index (χ2n) is 3.50. The number of aromatic nitrogens is 1. The molecule has 1 aromatic rings. The van der Waals surface area contributed by atoms with Gasteiger partial charge in [0.1, 0.15) is 4.90 Å². The van der Waals surface area contributed by atoms with Crippen molar-refractivity contribution in [2.45, 2.75) is 17.7 Å². The lowest BCUT2D eigenvalue weighted by Gasteiger charge is -2.04.